The zero-order valence-electron chi connectivity index (χ0n) is 7.53. The molecule has 1 rings (SSSR count). The molecule has 0 aromatic carbocycles. The summed E-state index contributed by atoms with van der Waals surface area (Å²) < 4.78 is 1.83. The van der Waals surface area contributed by atoms with Crippen LogP contribution in [0.2, 0.25) is 0 Å². The molecule has 0 aliphatic carbocycles. The number of ketones is 1. The Bertz CT molecular complexity index is 323. The predicted octanol–water partition coefficient (Wildman–Crippen LogP) is 1.64. The fourth-order valence-corrected chi connectivity index (χ4v) is 0.983. The Morgan fingerprint density at radius 1 is 1.58 bits per heavy atom. The molecule has 0 saturated heterocycles. The number of imidazole rings is 1. The van der Waals surface area contributed by atoms with Gasteiger partial charge in [-0.3, -0.25) is 4.79 Å². The molecule has 1 aromatic heterocycles. The maximum Gasteiger partial charge on any atom is 0.154 e. The highest BCUT2D eigenvalue weighted by atomic mass is 16.1. The molecule has 12 heavy (non-hydrogen) atoms. The van der Waals surface area contributed by atoms with Crippen molar-refractivity contribution >= 4 is 11.5 Å². The third-order valence-corrected chi connectivity index (χ3v) is 1.53. The standard InChI is InChI=1S/C9H12N2O/c1-7-5-11(6-10-7)8(2)4-9(3)12/h4-6H,1-3H3/b8-4+. The van der Waals surface area contributed by atoms with E-state index in [9.17, 15) is 4.79 Å². The van der Waals surface area contributed by atoms with Crippen LogP contribution < -0.4 is 0 Å². The lowest BCUT2D eigenvalue weighted by atomic mass is 10.3. The van der Waals surface area contributed by atoms with Gasteiger partial charge in [-0.15, -0.1) is 0 Å². The van der Waals surface area contributed by atoms with Gasteiger partial charge in [-0.25, -0.2) is 4.98 Å². The predicted molar refractivity (Wildman–Crippen MR) is 47.6 cm³/mol. The SMILES string of the molecule is CC(=O)/C=C(\C)n1cnc(C)c1. The van der Waals surface area contributed by atoms with Crippen molar-refractivity contribution in [3.05, 3.63) is 24.3 Å². The number of nitrogens with zero attached hydrogens (tertiary/aromatic N) is 2. The smallest absolute Gasteiger partial charge is 0.154 e. The van der Waals surface area contributed by atoms with Gasteiger partial charge in [-0.1, -0.05) is 0 Å². The summed E-state index contributed by atoms with van der Waals surface area (Å²) in [6.07, 6.45) is 5.17. The number of carbonyl (C=O) groups excluding carboxylic acids is 1. The summed E-state index contributed by atoms with van der Waals surface area (Å²) >= 11 is 0. The molecule has 0 unspecified atom stereocenters. The first-order chi connectivity index (χ1) is 5.59. The number of rotatable bonds is 2. The van der Waals surface area contributed by atoms with E-state index in [1.54, 1.807) is 12.4 Å². The van der Waals surface area contributed by atoms with Gasteiger partial charge in [0.1, 0.15) is 0 Å². The summed E-state index contributed by atoms with van der Waals surface area (Å²) in [6.45, 7) is 5.33. The second kappa shape index (κ2) is 3.34. The molecule has 0 bridgehead atoms. The first-order valence-electron chi connectivity index (χ1n) is 3.79. The van der Waals surface area contributed by atoms with E-state index >= 15 is 0 Å². The topological polar surface area (TPSA) is 34.9 Å². The molecule has 64 valence electrons. The average molecular weight is 164 g/mol. The van der Waals surface area contributed by atoms with Crippen molar-refractivity contribution in [2.75, 3.05) is 0 Å². The van der Waals surface area contributed by atoms with Crippen molar-refractivity contribution < 1.29 is 4.79 Å². The summed E-state index contributed by atoms with van der Waals surface area (Å²) in [5.41, 5.74) is 1.84. The Morgan fingerprint density at radius 2 is 2.25 bits per heavy atom. The molecule has 0 saturated carbocycles. The summed E-state index contributed by atoms with van der Waals surface area (Å²) in [7, 11) is 0. The molecule has 0 spiro atoms. The maximum absolute atomic E-state index is 10.7. The van der Waals surface area contributed by atoms with Crippen LogP contribution in [0.15, 0.2) is 18.6 Å². The Morgan fingerprint density at radius 3 is 2.67 bits per heavy atom. The normalized spacial score (nSPS) is 11.8. The molecule has 0 fully saturated rings. The zero-order valence-corrected chi connectivity index (χ0v) is 7.53. The summed E-state index contributed by atoms with van der Waals surface area (Å²) in [4.78, 5) is 14.8. The van der Waals surface area contributed by atoms with Gasteiger partial charge in [-0.05, 0) is 20.8 Å². The van der Waals surface area contributed by atoms with Gasteiger partial charge >= 0.3 is 0 Å². The van der Waals surface area contributed by atoms with E-state index in [2.05, 4.69) is 4.98 Å². The number of carbonyl (C=O) groups is 1. The van der Waals surface area contributed by atoms with Crippen LogP contribution in [0.1, 0.15) is 19.5 Å². The molecule has 0 radical (unpaired) electrons. The lowest BCUT2D eigenvalue weighted by Gasteiger charge is -1.98. The van der Waals surface area contributed by atoms with Crippen LogP contribution >= 0.6 is 0 Å². The minimum Gasteiger partial charge on any atom is -0.310 e. The Hall–Kier alpha value is -1.38. The summed E-state index contributed by atoms with van der Waals surface area (Å²) in [6, 6.07) is 0. The van der Waals surface area contributed by atoms with E-state index in [1.807, 2.05) is 24.6 Å². The van der Waals surface area contributed by atoms with Crippen LogP contribution in [0.5, 0.6) is 0 Å². The lowest BCUT2D eigenvalue weighted by molar-refractivity contribution is -0.112. The third kappa shape index (κ3) is 2.05. The maximum atomic E-state index is 10.7. The van der Waals surface area contributed by atoms with Gasteiger partial charge in [0.15, 0.2) is 5.78 Å². The molecule has 1 heterocycles. The fourth-order valence-electron chi connectivity index (χ4n) is 0.983. The molecule has 0 amide bonds. The highest BCUT2D eigenvalue weighted by Gasteiger charge is 1.95. The highest BCUT2D eigenvalue weighted by molar-refractivity contribution is 5.91. The molecule has 0 atom stereocenters. The zero-order chi connectivity index (χ0) is 9.14. The van der Waals surface area contributed by atoms with E-state index in [4.69, 9.17) is 0 Å². The van der Waals surface area contributed by atoms with Crippen LogP contribution in [0.3, 0.4) is 0 Å². The second-order valence-electron chi connectivity index (χ2n) is 2.82. The van der Waals surface area contributed by atoms with Crippen molar-refractivity contribution in [3.8, 4) is 0 Å². The van der Waals surface area contributed by atoms with E-state index in [-0.39, 0.29) is 5.78 Å². The number of aromatic nitrogens is 2. The van der Waals surface area contributed by atoms with E-state index in [1.165, 1.54) is 6.92 Å². The van der Waals surface area contributed by atoms with Crippen molar-refractivity contribution in [2.24, 2.45) is 0 Å². The van der Waals surface area contributed by atoms with E-state index < -0.39 is 0 Å². The Kier molecular flexibility index (Phi) is 2.43. The van der Waals surface area contributed by atoms with E-state index in [0.29, 0.717) is 0 Å². The number of allylic oxidation sites excluding steroid dienone is 2. The van der Waals surface area contributed by atoms with Gasteiger partial charge in [0.05, 0.1) is 12.0 Å². The second-order valence-corrected chi connectivity index (χ2v) is 2.82. The first kappa shape index (κ1) is 8.71. The molecular weight excluding hydrogens is 152 g/mol. The third-order valence-electron chi connectivity index (χ3n) is 1.53. The molecule has 3 nitrogen and oxygen atoms in total. The minimum atomic E-state index is 0.0545. The van der Waals surface area contributed by atoms with Crippen molar-refractivity contribution in [2.45, 2.75) is 20.8 Å². The van der Waals surface area contributed by atoms with Crippen molar-refractivity contribution in [1.29, 1.82) is 0 Å². The highest BCUT2D eigenvalue weighted by Crippen LogP contribution is 2.04. The van der Waals surface area contributed by atoms with Crippen LogP contribution in [0, 0.1) is 6.92 Å². The van der Waals surface area contributed by atoms with Gasteiger partial charge in [-0.2, -0.15) is 0 Å². The Balaban J connectivity index is 2.91. The molecule has 0 aliphatic heterocycles. The van der Waals surface area contributed by atoms with Crippen LogP contribution in [0.4, 0.5) is 0 Å². The molecular formula is C9H12N2O. The number of hydrogen-bond donors (Lipinski definition) is 0. The van der Waals surface area contributed by atoms with Gasteiger partial charge in [0, 0.05) is 18.0 Å². The lowest BCUT2D eigenvalue weighted by Crippen LogP contribution is -1.92. The monoisotopic (exact) mass is 164 g/mol. The quantitative estimate of drug-likeness (QED) is 0.623. The van der Waals surface area contributed by atoms with Gasteiger partial charge in [0.25, 0.3) is 0 Å². The molecule has 0 aliphatic rings. The Labute approximate surface area is 71.7 Å². The van der Waals surface area contributed by atoms with Crippen LogP contribution in [0.25, 0.3) is 5.70 Å². The first-order valence-corrected chi connectivity index (χ1v) is 3.79. The average Bonchev–Trinajstić information content (AvgIpc) is 2.34. The fraction of sp³-hybridized carbons (Fsp3) is 0.333. The van der Waals surface area contributed by atoms with E-state index in [0.717, 1.165) is 11.4 Å². The molecule has 0 N–H and O–H groups in total. The number of aryl methyl sites for hydroxylation is 1. The molecule has 1 aromatic rings. The van der Waals surface area contributed by atoms with Gasteiger partial charge < -0.3 is 4.57 Å². The van der Waals surface area contributed by atoms with Crippen molar-refractivity contribution in [1.82, 2.24) is 9.55 Å². The molecule has 3 heteroatoms. The van der Waals surface area contributed by atoms with Crippen LogP contribution in [-0.2, 0) is 4.79 Å². The van der Waals surface area contributed by atoms with Crippen LogP contribution in [-0.4, -0.2) is 15.3 Å². The number of hydrogen-bond acceptors (Lipinski definition) is 2. The largest absolute Gasteiger partial charge is 0.310 e. The summed E-state index contributed by atoms with van der Waals surface area (Å²) in [5, 5.41) is 0. The van der Waals surface area contributed by atoms with Gasteiger partial charge in [0.2, 0.25) is 0 Å². The van der Waals surface area contributed by atoms with Crippen molar-refractivity contribution in [3.63, 3.8) is 0 Å². The summed E-state index contributed by atoms with van der Waals surface area (Å²) in [5.74, 6) is 0.0545. The minimum absolute atomic E-state index is 0.0545.